The van der Waals surface area contributed by atoms with Crippen molar-refractivity contribution in [3.63, 3.8) is 0 Å². The van der Waals surface area contributed by atoms with E-state index in [0.717, 1.165) is 4.31 Å². The lowest BCUT2D eigenvalue weighted by Gasteiger charge is -2.32. The number of nitrogens with one attached hydrogen (secondary N) is 1. The molecule has 0 aromatic heterocycles. The van der Waals surface area contributed by atoms with Gasteiger partial charge in [-0.3, -0.25) is 13.9 Å². The third-order valence-corrected chi connectivity index (χ3v) is 7.80. The van der Waals surface area contributed by atoms with Gasteiger partial charge in [-0.1, -0.05) is 19.1 Å². The van der Waals surface area contributed by atoms with E-state index in [1.165, 1.54) is 48.2 Å². The Morgan fingerprint density at radius 3 is 2.36 bits per heavy atom. The van der Waals surface area contributed by atoms with Crippen LogP contribution in [0.4, 0.5) is 10.1 Å². The van der Waals surface area contributed by atoms with Gasteiger partial charge in [-0.25, -0.2) is 12.8 Å². The van der Waals surface area contributed by atoms with Crippen molar-refractivity contribution in [3.8, 4) is 11.5 Å². The minimum atomic E-state index is -3.87. The Labute approximate surface area is 211 Å². The Balaban J connectivity index is 1.93. The first-order valence-electron chi connectivity index (χ1n) is 11.8. The molecule has 0 saturated heterocycles. The second kappa shape index (κ2) is 11.6. The largest absolute Gasteiger partial charge is 0.454 e. The van der Waals surface area contributed by atoms with Crippen molar-refractivity contribution >= 4 is 27.5 Å². The van der Waals surface area contributed by atoms with Gasteiger partial charge in [0.15, 0.2) is 11.5 Å². The van der Waals surface area contributed by atoms with Gasteiger partial charge in [-0.15, -0.1) is 0 Å². The summed E-state index contributed by atoms with van der Waals surface area (Å²) in [7, 11) is -3.87. The van der Waals surface area contributed by atoms with Crippen molar-refractivity contribution in [1.82, 2.24) is 10.2 Å². The Morgan fingerprint density at radius 2 is 1.72 bits per heavy atom. The second-order valence-electron chi connectivity index (χ2n) is 8.59. The molecule has 0 spiro atoms. The zero-order valence-corrected chi connectivity index (χ0v) is 21.7. The van der Waals surface area contributed by atoms with E-state index in [1.807, 2.05) is 13.8 Å². The van der Waals surface area contributed by atoms with Crippen molar-refractivity contribution in [2.24, 2.45) is 0 Å². The fourth-order valence-corrected chi connectivity index (χ4v) is 4.65. The van der Waals surface area contributed by atoms with E-state index in [4.69, 9.17) is 9.47 Å². The summed E-state index contributed by atoms with van der Waals surface area (Å²) in [5, 5.41) is 2.86. The Kier molecular flexibility index (Phi) is 8.78. The van der Waals surface area contributed by atoms with Crippen LogP contribution in [0.2, 0.25) is 0 Å². The van der Waals surface area contributed by atoms with Crippen LogP contribution in [0, 0.1) is 5.82 Å². The molecule has 2 aromatic rings. The van der Waals surface area contributed by atoms with Gasteiger partial charge in [0.05, 0.1) is 11.4 Å². The molecule has 0 unspecified atom stereocenters. The minimum absolute atomic E-state index is 0.00461. The average molecular weight is 522 g/mol. The average Bonchev–Trinajstić information content (AvgIpc) is 3.34. The number of nitrogens with zero attached hydrogens (tertiary/aromatic N) is 2. The zero-order chi connectivity index (χ0) is 26.5. The summed E-state index contributed by atoms with van der Waals surface area (Å²) in [6, 6.07) is 9.20. The maximum absolute atomic E-state index is 13.6. The molecule has 196 valence electrons. The van der Waals surface area contributed by atoms with Crippen LogP contribution >= 0.6 is 0 Å². The first-order chi connectivity index (χ1) is 17.1. The number of halogens is 1. The summed E-state index contributed by atoms with van der Waals surface area (Å²) < 4.78 is 51.1. The molecule has 2 amide bonds. The molecule has 0 fully saturated rings. The topological polar surface area (TPSA) is 105 Å². The van der Waals surface area contributed by atoms with Crippen LogP contribution in [0.1, 0.15) is 39.7 Å². The van der Waals surface area contributed by atoms with Crippen LogP contribution in [0.25, 0.3) is 0 Å². The molecule has 1 N–H and O–H groups in total. The number of fused-ring (bicyclic) bond motifs is 1. The number of sulfonamides is 1. The van der Waals surface area contributed by atoms with E-state index in [2.05, 4.69) is 5.32 Å². The third kappa shape index (κ3) is 6.45. The fraction of sp³-hybridized carbons (Fsp3) is 0.440. The van der Waals surface area contributed by atoms with E-state index in [9.17, 15) is 22.4 Å². The highest BCUT2D eigenvalue weighted by molar-refractivity contribution is 7.92. The number of hydrogen-bond acceptors (Lipinski definition) is 6. The highest BCUT2D eigenvalue weighted by Gasteiger charge is 2.32. The molecule has 1 heterocycles. The minimum Gasteiger partial charge on any atom is -0.454 e. The number of benzene rings is 2. The summed E-state index contributed by atoms with van der Waals surface area (Å²) in [5.41, 5.74) is 0.841. The van der Waals surface area contributed by atoms with Gasteiger partial charge in [-0.05, 0) is 57.0 Å². The van der Waals surface area contributed by atoms with Gasteiger partial charge in [0.2, 0.25) is 28.6 Å². The molecular formula is C25H32FN3O6S. The number of anilines is 1. The molecule has 2 aromatic carbocycles. The number of ether oxygens (including phenoxy) is 2. The molecule has 1 aliphatic heterocycles. The van der Waals surface area contributed by atoms with Gasteiger partial charge in [0, 0.05) is 18.7 Å². The van der Waals surface area contributed by atoms with Gasteiger partial charge >= 0.3 is 0 Å². The predicted molar refractivity (Wildman–Crippen MR) is 134 cm³/mol. The standard InChI is InChI=1S/C25H32FN3O6S/c1-5-17(3)27-25(31)18(4)28(14-19-7-9-20(26)10-8-19)24(30)15-29(36(32,33)6-2)21-11-12-22-23(13-21)35-16-34-22/h7-13,17-18H,5-6,14-16H2,1-4H3,(H,27,31)/t17-,18-/m0/s1. The van der Waals surface area contributed by atoms with Crippen molar-refractivity contribution in [1.29, 1.82) is 0 Å². The normalized spacial score (nSPS) is 14.1. The predicted octanol–water partition coefficient (Wildman–Crippen LogP) is 3.04. The third-order valence-electron chi connectivity index (χ3n) is 6.06. The molecule has 3 rings (SSSR count). The summed E-state index contributed by atoms with van der Waals surface area (Å²) in [5.74, 6) is -0.764. The maximum atomic E-state index is 13.6. The van der Waals surface area contributed by atoms with Gasteiger partial charge < -0.3 is 19.7 Å². The van der Waals surface area contributed by atoms with E-state index >= 15 is 0 Å². The smallest absolute Gasteiger partial charge is 0.244 e. The van der Waals surface area contributed by atoms with Crippen molar-refractivity contribution in [2.45, 2.75) is 52.7 Å². The molecule has 1 aliphatic rings. The highest BCUT2D eigenvalue weighted by atomic mass is 32.2. The summed E-state index contributed by atoms with van der Waals surface area (Å²) in [4.78, 5) is 27.8. The molecule has 36 heavy (non-hydrogen) atoms. The molecule has 0 radical (unpaired) electrons. The van der Waals surface area contributed by atoms with Crippen LogP contribution in [0.3, 0.4) is 0 Å². The first kappa shape index (κ1) is 27.3. The number of hydrogen-bond donors (Lipinski definition) is 1. The number of carbonyl (C=O) groups is 2. The first-order valence-corrected chi connectivity index (χ1v) is 13.4. The maximum Gasteiger partial charge on any atom is 0.244 e. The summed E-state index contributed by atoms with van der Waals surface area (Å²) in [6.07, 6.45) is 0.705. The fourth-order valence-electron chi connectivity index (χ4n) is 3.59. The lowest BCUT2D eigenvalue weighted by Crippen LogP contribution is -2.52. The lowest BCUT2D eigenvalue weighted by molar-refractivity contribution is -0.139. The van der Waals surface area contributed by atoms with Crippen LogP contribution < -0.4 is 19.1 Å². The Bertz CT molecular complexity index is 1190. The van der Waals surface area contributed by atoms with Crippen molar-refractivity contribution in [2.75, 3.05) is 23.4 Å². The van der Waals surface area contributed by atoms with Gasteiger partial charge in [-0.2, -0.15) is 0 Å². The quantitative estimate of drug-likeness (QED) is 0.487. The SMILES string of the molecule is CC[C@H](C)NC(=O)[C@H](C)N(Cc1ccc(F)cc1)C(=O)CN(c1ccc2c(c1)OCO2)S(=O)(=O)CC. The van der Waals surface area contributed by atoms with Gasteiger partial charge in [0.25, 0.3) is 0 Å². The van der Waals surface area contributed by atoms with E-state index in [0.29, 0.717) is 23.5 Å². The van der Waals surface area contributed by atoms with Crippen LogP contribution in [0.5, 0.6) is 11.5 Å². The van der Waals surface area contributed by atoms with Crippen LogP contribution in [0.15, 0.2) is 42.5 Å². The van der Waals surface area contributed by atoms with Crippen LogP contribution in [-0.4, -0.2) is 56.3 Å². The highest BCUT2D eigenvalue weighted by Crippen LogP contribution is 2.36. The molecule has 0 aliphatic carbocycles. The summed E-state index contributed by atoms with van der Waals surface area (Å²) in [6.45, 7) is 6.33. The van der Waals surface area contributed by atoms with Crippen molar-refractivity contribution in [3.05, 3.63) is 53.8 Å². The number of rotatable bonds is 11. The zero-order valence-electron chi connectivity index (χ0n) is 20.9. The van der Waals surface area contributed by atoms with E-state index < -0.39 is 34.3 Å². The van der Waals surface area contributed by atoms with E-state index in [1.54, 1.807) is 13.0 Å². The molecular weight excluding hydrogens is 489 g/mol. The second-order valence-corrected chi connectivity index (χ2v) is 10.8. The van der Waals surface area contributed by atoms with Crippen molar-refractivity contribution < 1.29 is 31.9 Å². The monoisotopic (exact) mass is 521 g/mol. The Hall–Kier alpha value is -3.34. The molecule has 0 bridgehead atoms. The number of carbonyl (C=O) groups excluding carboxylic acids is 2. The molecule has 0 saturated carbocycles. The lowest BCUT2D eigenvalue weighted by atomic mass is 10.1. The molecule has 9 nitrogen and oxygen atoms in total. The van der Waals surface area contributed by atoms with Gasteiger partial charge in [0.1, 0.15) is 18.4 Å². The molecule has 11 heteroatoms. The van der Waals surface area contributed by atoms with Crippen LogP contribution in [-0.2, 0) is 26.2 Å². The molecule has 2 atom stereocenters. The number of amides is 2. The van der Waals surface area contributed by atoms with E-state index in [-0.39, 0.29) is 36.7 Å². The summed E-state index contributed by atoms with van der Waals surface area (Å²) >= 11 is 0. The Morgan fingerprint density at radius 1 is 1.06 bits per heavy atom.